The molecule has 1 atom stereocenters. The van der Waals surface area contributed by atoms with E-state index in [1.807, 2.05) is 6.92 Å². The van der Waals surface area contributed by atoms with Crippen molar-refractivity contribution in [2.45, 2.75) is 25.8 Å². The second kappa shape index (κ2) is 5.76. The number of aromatic nitrogens is 2. The Morgan fingerprint density at radius 2 is 2.39 bits per heavy atom. The van der Waals surface area contributed by atoms with E-state index in [2.05, 4.69) is 26.1 Å². The number of anilines is 1. The van der Waals surface area contributed by atoms with Crippen LogP contribution in [0.25, 0.3) is 0 Å². The van der Waals surface area contributed by atoms with Gasteiger partial charge in [-0.3, -0.25) is 9.59 Å². The molecule has 1 aliphatic rings. The van der Waals surface area contributed by atoms with Crippen molar-refractivity contribution < 1.29 is 9.59 Å². The predicted octanol–water partition coefficient (Wildman–Crippen LogP) is -0.0217. The third kappa shape index (κ3) is 2.95. The van der Waals surface area contributed by atoms with E-state index in [-0.39, 0.29) is 16.8 Å². The Balaban J connectivity index is 1.95. The molecule has 2 heterocycles. The quantitative estimate of drug-likeness (QED) is 0.714. The van der Waals surface area contributed by atoms with E-state index < -0.39 is 6.04 Å². The Labute approximate surface area is 108 Å². The van der Waals surface area contributed by atoms with Gasteiger partial charge in [-0.25, -0.2) is 0 Å². The normalized spacial score (nSPS) is 19.2. The maximum Gasteiger partial charge on any atom is 0.282 e. The molecule has 0 bridgehead atoms. The van der Waals surface area contributed by atoms with Crippen LogP contribution >= 0.6 is 11.3 Å². The van der Waals surface area contributed by atoms with E-state index in [9.17, 15) is 9.59 Å². The SMILES string of the molecule is CCNc1nnc(C(=O)NC2CCCNC2=O)s1. The maximum atomic E-state index is 11.9. The lowest BCUT2D eigenvalue weighted by Gasteiger charge is -2.22. The summed E-state index contributed by atoms with van der Waals surface area (Å²) in [4.78, 5) is 23.4. The molecule has 0 aliphatic carbocycles. The van der Waals surface area contributed by atoms with Gasteiger partial charge in [0.15, 0.2) is 0 Å². The second-order valence-electron chi connectivity index (χ2n) is 3.90. The van der Waals surface area contributed by atoms with Crippen molar-refractivity contribution in [1.82, 2.24) is 20.8 Å². The standard InChI is InChI=1S/C10H15N5O2S/c1-2-11-10-15-14-9(18-10)8(17)13-6-4-3-5-12-7(6)16/h6H,2-5H2,1H3,(H,11,15)(H,12,16)(H,13,17). The van der Waals surface area contributed by atoms with Crippen LogP contribution in [0.15, 0.2) is 0 Å². The van der Waals surface area contributed by atoms with E-state index in [0.29, 0.717) is 18.1 Å². The number of nitrogens with zero attached hydrogens (tertiary/aromatic N) is 2. The fourth-order valence-electron chi connectivity index (χ4n) is 1.67. The minimum atomic E-state index is -0.460. The molecule has 1 unspecified atom stereocenters. The zero-order valence-electron chi connectivity index (χ0n) is 10.0. The third-order valence-electron chi connectivity index (χ3n) is 2.54. The zero-order chi connectivity index (χ0) is 13.0. The summed E-state index contributed by atoms with van der Waals surface area (Å²) < 4.78 is 0. The van der Waals surface area contributed by atoms with E-state index in [4.69, 9.17) is 0 Å². The van der Waals surface area contributed by atoms with E-state index in [1.54, 1.807) is 0 Å². The Hall–Kier alpha value is -1.70. The first-order valence-electron chi connectivity index (χ1n) is 5.86. The number of hydrogen-bond acceptors (Lipinski definition) is 6. The largest absolute Gasteiger partial charge is 0.360 e. The van der Waals surface area contributed by atoms with Crippen molar-refractivity contribution in [2.24, 2.45) is 0 Å². The molecule has 0 aromatic carbocycles. The molecular formula is C10H15N5O2S. The summed E-state index contributed by atoms with van der Waals surface area (Å²) in [7, 11) is 0. The van der Waals surface area contributed by atoms with Gasteiger partial charge < -0.3 is 16.0 Å². The highest BCUT2D eigenvalue weighted by molar-refractivity contribution is 7.17. The molecule has 1 aromatic rings. The average molecular weight is 269 g/mol. The highest BCUT2D eigenvalue weighted by atomic mass is 32.1. The van der Waals surface area contributed by atoms with Gasteiger partial charge in [0.25, 0.3) is 5.91 Å². The van der Waals surface area contributed by atoms with Crippen molar-refractivity contribution in [2.75, 3.05) is 18.4 Å². The van der Waals surface area contributed by atoms with Crippen LogP contribution in [0.1, 0.15) is 29.6 Å². The lowest BCUT2D eigenvalue weighted by molar-refractivity contribution is -0.124. The van der Waals surface area contributed by atoms with Gasteiger partial charge >= 0.3 is 0 Å². The van der Waals surface area contributed by atoms with E-state index in [1.165, 1.54) is 11.3 Å². The first-order valence-corrected chi connectivity index (χ1v) is 6.68. The average Bonchev–Trinajstić information content (AvgIpc) is 2.81. The van der Waals surface area contributed by atoms with Crippen LogP contribution in [0, 0.1) is 0 Å². The molecule has 2 amide bonds. The fraction of sp³-hybridized carbons (Fsp3) is 0.600. The van der Waals surface area contributed by atoms with Gasteiger partial charge in [-0.2, -0.15) is 0 Å². The first kappa shape index (κ1) is 12.7. The highest BCUT2D eigenvalue weighted by Gasteiger charge is 2.25. The van der Waals surface area contributed by atoms with Crippen molar-refractivity contribution in [1.29, 1.82) is 0 Å². The van der Waals surface area contributed by atoms with Gasteiger partial charge in [-0.1, -0.05) is 11.3 Å². The number of carbonyl (C=O) groups is 2. The molecule has 0 saturated carbocycles. The van der Waals surface area contributed by atoms with Gasteiger partial charge in [-0.05, 0) is 19.8 Å². The van der Waals surface area contributed by atoms with Crippen molar-refractivity contribution in [3.05, 3.63) is 5.01 Å². The van der Waals surface area contributed by atoms with Crippen molar-refractivity contribution >= 4 is 28.3 Å². The summed E-state index contributed by atoms with van der Waals surface area (Å²) in [5, 5.41) is 16.9. The molecule has 98 valence electrons. The molecule has 1 aromatic heterocycles. The predicted molar refractivity (Wildman–Crippen MR) is 67.6 cm³/mol. The topological polar surface area (TPSA) is 96.0 Å². The van der Waals surface area contributed by atoms with E-state index >= 15 is 0 Å². The second-order valence-corrected chi connectivity index (χ2v) is 4.88. The Morgan fingerprint density at radius 3 is 3.11 bits per heavy atom. The maximum absolute atomic E-state index is 11.9. The number of piperidine rings is 1. The molecule has 1 saturated heterocycles. The van der Waals surface area contributed by atoms with Crippen LogP contribution in [-0.4, -0.2) is 41.1 Å². The summed E-state index contributed by atoms with van der Waals surface area (Å²) in [5.74, 6) is -0.482. The molecule has 18 heavy (non-hydrogen) atoms. The Morgan fingerprint density at radius 1 is 1.56 bits per heavy atom. The molecule has 1 aliphatic heterocycles. The summed E-state index contributed by atoms with van der Waals surface area (Å²) in [5.41, 5.74) is 0. The monoisotopic (exact) mass is 269 g/mol. The van der Waals surface area contributed by atoms with Crippen LogP contribution < -0.4 is 16.0 Å². The van der Waals surface area contributed by atoms with Crippen LogP contribution in [0.3, 0.4) is 0 Å². The number of hydrogen-bond donors (Lipinski definition) is 3. The zero-order valence-corrected chi connectivity index (χ0v) is 10.8. The molecule has 3 N–H and O–H groups in total. The summed E-state index contributed by atoms with van der Waals surface area (Å²) in [6.07, 6.45) is 1.53. The van der Waals surface area contributed by atoms with Crippen LogP contribution in [0.2, 0.25) is 0 Å². The molecule has 8 heteroatoms. The lowest BCUT2D eigenvalue weighted by Crippen LogP contribution is -2.50. The molecule has 2 rings (SSSR count). The van der Waals surface area contributed by atoms with E-state index in [0.717, 1.165) is 13.0 Å². The molecular weight excluding hydrogens is 254 g/mol. The first-order chi connectivity index (χ1) is 8.70. The lowest BCUT2D eigenvalue weighted by atomic mass is 10.1. The molecule has 1 fully saturated rings. The number of nitrogens with one attached hydrogen (secondary N) is 3. The molecule has 7 nitrogen and oxygen atoms in total. The smallest absolute Gasteiger partial charge is 0.282 e. The minimum Gasteiger partial charge on any atom is -0.360 e. The Kier molecular flexibility index (Phi) is 4.08. The van der Waals surface area contributed by atoms with Crippen molar-refractivity contribution in [3.8, 4) is 0 Å². The van der Waals surface area contributed by atoms with Gasteiger partial charge in [0.1, 0.15) is 6.04 Å². The molecule has 0 radical (unpaired) electrons. The van der Waals surface area contributed by atoms with Gasteiger partial charge in [0.2, 0.25) is 16.0 Å². The number of rotatable bonds is 4. The highest BCUT2D eigenvalue weighted by Crippen LogP contribution is 2.15. The van der Waals surface area contributed by atoms with Crippen LogP contribution in [0.4, 0.5) is 5.13 Å². The summed E-state index contributed by atoms with van der Waals surface area (Å²) in [6, 6.07) is -0.460. The van der Waals surface area contributed by atoms with Gasteiger partial charge in [0.05, 0.1) is 0 Å². The van der Waals surface area contributed by atoms with Crippen LogP contribution in [-0.2, 0) is 4.79 Å². The van der Waals surface area contributed by atoms with Crippen LogP contribution in [0.5, 0.6) is 0 Å². The van der Waals surface area contributed by atoms with Crippen molar-refractivity contribution in [3.63, 3.8) is 0 Å². The summed E-state index contributed by atoms with van der Waals surface area (Å²) in [6.45, 7) is 3.34. The third-order valence-corrected chi connectivity index (χ3v) is 3.42. The summed E-state index contributed by atoms with van der Waals surface area (Å²) >= 11 is 1.18. The minimum absolute atomic E-state index is 0.133. The fourth-order valence-corrected chi connectivity index (χ4v) is 2.38. The van der Waals surface area contributed by atoms with Gasteiger partial charge in [0, 0.05) is 13.1 Å². The molecule has 0 spiro atoms. The van der Waals surface area contributed by atoms with Gasteiger partial charge in [-0.15, -0.1) is 10.2 Å². The number of amides is 2. The Bertz CT molecular complexity index is 447. The number of carbonyl (C=O) groups excluding carboxylic acids is 2.